The lowest BCUT2D eigenvalue weighted by Gasteiger charge is -2.28. The summed E-state index contributed by atoms with van der Waals surface area (Å²) in [5.41, 5.74) is 17.4. The van der Waals surface area contributed by atoms with Crippen molar-refractivity contribution in [3.63, 3.8) is 0 Å². The maximum Gasteiger partial charge on any atom is 0.325 e. The summed E-state index contributed by atoms with van der Waals surface area (Å²) in [6, 6.07) is -4.64. The molecule has 2 aromatic carbocycles. The predicted molar refractivity (Wildman–Crippen MR) is 429 cm³/mol. The van der Waals surface area contributed by atoms with Gasteiger partial charge in [-0.3, -0.25) is 97.1 Å². The number of aliphatic carboxylic acids is 1. The van der Waals surface area contributed by atoms with Crippen molar-refractivity contribution in [1.29, 1.82) is 10.8 Å². The molecule has 0 spiro atoms. The van der Waals surface area contributed by atoms with Crippen LogP contribution in [0.5, 0.6) is 5.75 Å². The SMILES string of the molecule is CC(=O)NCC(=O)N[C@@H](C)C(=O)N[C@@H](CO)C(=O)N[C@@H](CC(C)C)C(=O)N[C@@H](CCCNC(=N)N)C(=O)N[C@@H](CCCNC(=N)N)C(=O)N[C@@H](CO)C(=O)N[C@@H](Cc1ccccc1)C(=O)NCC(=O)NCC(=O)SCCOC(=O)CNC(=O)[C@H](Cc1ccc(O)cc1)NC(=O)[C@H](CO)NC(=O)[C@@H](NC(=O)[C@H](CCC(=O)O)NC(=O)[C@H](C)N)C(C)C. The number of thioether (sulfide) groups is 1. The zero-order chi connectivity index (χ0) is 90.3. The second-order valence-electron chi connectivity index (χ2n) is 28.1. The molecule has 0 bridgehead atoms. The lowest BCUT2D eigenvalue weighted by atomic mass is 10.0. The molecule has 0 radical (unpaired) electrons. The summed E-state index contributed by atoms with van der Waals surface area (Å²) in [4.78, 5) is 238. The Hall–Kier alpha value is -12.4. The third-order valence-corrected chi connectivity index (χ3v) is 17.9. The molecule has 0 saturated carbocycles. The number of phenols is 1. The van der Waals surface area contributed by atoms with Gasteiger partial charge < -0.3 is 138 Å². The Morgan fingerprint density at radius 1 is 0.442 bits per heavy atom. The van der Waals surface area contributed by atoms with Crippen LogP contribution in [0.3, 0.4) is 0 Å². The number of phenolic OH excluding ortho intramolecular Hbond substituents is 1. The molecule has 30 N–H and O–H groups in total. The van der Waals surface area contributed by atoms with Gasteiger partial charge in [0, 0.05) is 45.0 Å². The molecule has 0 unspecified atom stereocenters. The number of esters is 1. The molecule has 12 atom stereocenters. The third-order valence-electron chi connectivity index (χ3n) is 17.0. The average Bonchev–Trinajstić information content (AvgIpc) is 0.829. The average molecular weight is 1720 g/mol. The normalized spacial score (nSPS) is 13.9. The summed E-state index contributed by atoms with van der Waals surface area (Å²) in [5.74, 6) is -18.7. The number of nitrogens with one attached hydrogen (secondary N) is 19. The van der Waals surface area contributed by atoms with Crippen molar-refractivity contribution in [2.45, 2.75) is 179 Å². The van der Waals surface area contributed by atoms with Gasteiger partial charge in [-0.15, -0.1) is 0 Å². The quantitative estimate of drug-likeness (QED) is 0.0127. The minimum atomic E-state index is -1.85. The third kappa shape index (κ3) is 42.2. The second-order valence-corrected chi connectivity index (χ2v) is 29.2. The molecule has 0 aromatic heterocycles. The van der Waals surface area contributed by atoms with Crippen LogP contribution < -0.4 is 108 Å². The van der Waals surface area contributed by atoms with Crippen molar-refractivity contribution >= 4 is 129 Å². The van der Waals surface area contributed by atoms with Gasteiger partial charge >= 0.3 is 11.9 Å². The number of carboxylic acid groups (broad SMARTS) is 1. The van der Waals surface area contributed by atoms with Gasteiger partial charge in [-0.2, -0.15) is 0 Å². The van der Waals surface area contributed by atoms with Gasteiger partial charge in [0.1, 0.15) is 85.4 Å². The van der Waals surface area contributed by atoms with E-state index >= 15 is 0 Å². The zero-order valence-corrected chi connectivity index (χ0v) is 68.4. The first-order chi connectivity index (χ1) is 56.6. The van der Waals surface area contributed by atoms with Gasteiger partial charge in [-0.05, 0) is 87.5 Å². The van der Waals surface area contributed by atoms with Crippen LogP contribution in [0.25, 0.3) is 0 Å². The fourth-order valence-electron chi connectivity index (χ4n) is 10.6. The Labute approximate surface area is 695 Å². The highest BCUT2D eigenvalue weighted by atomic mass is 32.2. The van der Waals surface area contributed by atoms with E-state index in [9.17, 15) is 112 Å². The predicted octanol–water partition coefficient (Wildman–Crippen LogP) is -9.76. The van der Waals surface area contributed by atoms with Gasteiger partial charge in [-0.25, -0.2) is 0 Å². The molecule has 15 amide bonds. The molecule has 46 nitrogen and oxygen atoms in total. The maximum atomic E-state index is 14.4. The van der Waals surface area contributed by atoms with E-state index in [1.54, 1.807) is 44.2 Å². The molecule has 120 heavy (non-hydrogen) atoms. The molecule has 2 aromatic rings. The van der Waals surface area contributed by atoms with Crippen LogP contribution in [0.1, 0.15) is 105 Å². The number of rotatable bonds is 55. The number of hydrogen-bond donors (Lipinski definition) is 27. The van der Waals surface area contributed by atoms with E-state index in [2.05, 4.69) is 90.4 Å². The summed E-state index contributed by atoms with van der Waals surface area (Å²) < 4.78 is 5.15. The second kappa shape index (κ2) is 55.3. The van der Waals surface area contributed by atoms with Crippen LogP contribution in [-0.4, -0.2) is 287 Å². The van der Waals surface area contributed by atoms with E-state index in [1.807, 2.05) is 0 Å². The number of aliphatic hydroxyl groups is 3. The Morgan fingerprint density at radius 3 is 1.32 bits per heavy atom. The number of ether oxygens (including phenoxy) is 1. The van der Waals surface area contributed by atoms with E-state index in [0.717, 1.165) is 0 Å². The number of benzene rings is 2. The summed E-state index contributed by atoms with van der Waals surface area (Å²) in [5, 5.41) is 105. The van der Waals surface area contributed by atoms with Crippen LogP contribution in [-0.2, 0) is 104 Å². The molecule has 0 aliphatic carbocycles. The van der Waals surface area contributed by atoms with E-state index in [1.165, 1.54) is 58.9 Å². The lowest BCUT2D eigenvalue weighted by molar-refractivity contribution is -0.143. The van der Waals surface area contributed by atoms with E-state index in [4.69, 9.17) is 32.8 Å². The smallest absolute Gasteiger partial charge is 0.325 e. The molecule has 2 rings (SSSR count). The fourth-order valence-corrected chi connectivity index (χ4v) is 11.2. The summed E-state index contributed by atoms with van der Waals surface area (Å²) in [6.07, 6.45) is -1.95. The van der Waals surface area contributed by atoms with E-state index in [-0.39, 0.29) is 81.9 Å². The zero-order valence-electron chi connectivity index (χ0n) is 67.6. The highest BCUT2D eigenvalue weighted by molar-refractivity contribution is 8.13. The fraction of sp³-hybridized carbons (Fsp3) is 0.562. The van der Waals surface area contributed by atoms with Crippen molar-refractivity contribution in [3.8, 4) is 5.75 Å². The molecule has 666 valence electrons. The minimum Gasteiger partial charge on any atom is -0.508 e. The van der Waals surface area contributed by atoms with E-state index < -0.39 is 255 Å². The number of guanidine groups is 2. The van der Waals surface area contributed by atoms with Crippen LogP contribution in [0, 0.1) is 22.7 Å². The Kier molecular flexibility index (Phi) is 47.8. The van der Waals surface area contributed by atoms with Crippen LogP contribution in [0.15, 0.2) is 54.6 Å². The number of aliphatic hydroxyl groups excluding tert-OH is 3. The van der Waals surface area contributed by atoms with Crippen molar-refractivity contribution in [1.82, 2.24) is 90.4 Å². The van der Waals surface area contributed by atoms with Crippen molar-refractivity contribution in [3.05, 3.63) is 65.7 Å². The molecular weight excluding hydrogens is 1600 g/mol. The first-order valence-electron chi connectivity index (χ1n) is 38.1. The molecule has 0 aliphatic heterocycles. The first kappa shape index (κ1) is 104. The molecular formula is C73H114N22O24S. The number of carboxylic acids is 1. The Balaban J connectivity index is 2.19. The van der Waals surface area contributed by atoms with Crippen molar-refractivity contribution in [2.75, 3.05) is 71.4 Å². The summed E-state index contributed by atoms with van der Waals surface area (Å²) in [7, 11) is 0. The first-order valence-corrected chi connectivity index (χ1v) is 39.0. The van der Waals surface area contributed by atoms with Gasteiger partial charge in [0.05, 0.1) is 45.5 Å². The number of aromatic hydroxyl groups is 1. The maximum absolute atomic E-state index is 14.4. The molecule has 0 aliphatic rings. The number of nitrogens with two attached hydrogens (primary N) is 3. The summed E-state index contributed by atoms with van der Waals surface area (Å²) >= 11 is 0.612. The number of carbonyl (C=O) groups excluding carboxylic acids is 17. The number of hydrogen-bond acceptors (Lipinski definition) is 27. The van der Waals surface area contributed by atoms with Gasteiger partial charge in [0.2, 0.25) is 93.7 Å². The topological polar surface area (TPSA) is 748 Å². The lowest BCUT2D eigenvalue weighted by Crippen LogP contribution is -2.61. The summed E-state index contributed by atoms with van der Waals surface area (Å²) in [6.45, 7) is 3.95. The Morgan fingerprint density at radius 2 is 0.858 bits per heavy atom. The highest BCUT2D eigenvalue weighted by Crippen LogP contribution is 2.15. The van der Waals surface area contributed by atoms with Crippen molar-refractivity contribution in [2.24, 2.45) is 29.0 Å². The van der Waals surface area contributed by atoms with Gasteiger partial charge in [0.15, 0.2) is 11.9 Å². The monoisotopic (exact) mass is 1710 g/mol. The molecule has 0 fully saturated rings. The highest BCUT2D eigenvalue weighted by Gasteiger charge is 2.37. The van der Waals surface area contributed by atoms with Crippen LogP contribution in [0.2, 0.25) is 0 Å². The van der Waals surface area contributed by atoms with Gasteiger partial charge in [0.25, 0.3) is 0 Å². The minimum absolute atomic E-state index is 0.00670. The van der Waals surface area contributed by atoms with Crippen LogP contribution in [0.4, 0.5) is 0 Å². The number of carbonyl (C=O) groups is 18. The van der Waals surface area contributed by atoms with Crippen molar-refractivity contribution < 1.29 is 117 Å². The number of amides is 15. The van der Waals surface area contributed by atoms with Crippen LogP contribution >= 0.6 is 11.8 Å². The molecule has 0 heterocycles. The van der Waals surface area contributed by atoms with Gasteiger partial charge in [-0.1, -0.05) is 81.9 Å². The Bertz CT molecular complexity index is 3840. The largest absolute Gasteiger partial charge is 0.508 e. The molecule has 0 saturated heterocycles. The molecule has 47 heteroatoms. The van der Waals surface area contributed by atoms with E-state index in [0.29, 0.717) is 22.9 Å². The standard InChI is InChI=1S/C73H114N22O24S/c1-37(2)27-48(89-68(115)51(34-96)92-61(108)40(6)85-55(102)31-81-41(7)99)67(114)88-45(15-11-23-79-72(75)76)64(111)87-46(16-12-24-80-73(77)78)65(112)93-52(35-97)69(116)90-49(28-42-13-9-8-10-14-42)62(109)83-30-54(101)82-33-58(106)120-26-25-119-57(105)32-84-63(110)50(29-43-17-19-44(100)20-18-43)91-70(117)53(36-98)94-71(118)59(38(3)4)95-66(113)47(21-22-56(103)104)86-60(107)39(5)74/h8-10,13-14,17-20,37-40,45-53,59,96-98,100H,11-12,15-16,21-36,74H2,1-7H3,(H,81,99)(H,82,101)(H,83,109)(H,84,110)(H,85,102)(H,86,107)(H,87,111)(H,88,114)(H,89,115)(H,90,116)(H,91,117)(H,92,108)(H,93,112)(H,94,118)(H,95,113)(H,103,104)(H4,75,76,79)(H4,77,78,80)/t39-,40-,45-,46-,47-,48-,49-,50-,51-,52-,53-,59-/m0/s1.